The Labute approximate surface area is 249 Å². The Hall–Kier alpha value is -4.24. The SMILES string of the molecule is [C-]#[N+]C[C@H]1CN(c2nc(OC[C@@H]3C[C@@H](F)CN3C)nc3nc(-c4cncc5c4CCCC5)ccc23)CCN1C(=O)C(=C)F. The summed E-state index contributed by atoms with van der Waals surface area (Å²) in [7, 11) is 1.87. The van der Waals surface area contributed by atoms with E-state index in [4.69, 9.17) is 21.3 Å². The van der Waals surface area contributed by atoms with E-state index in [1.54, 1.807) is 0 Å². The molecular formula is C31H34F2N8O2. The van der Waals surface area contributed by atoms with Crippen molar-refractivity contribution in [1.29, 1.82) is 0 Å². The number of ether oxygens (including phenoxy) is 1. The van der Waals surface area contributed by atoms with E-state index in [9.17, 15) is 13.6 Å². The summed E-state index contributed by atoms with van der Waals surface area (Å²) < 4.78 is 33.8. The minimum Gasteiger partial charge on any atom is -0.462 e. The number of aromatic nitrogens is 4. The molecule has 0 aromatic carbocycles. The number of alkyl halides is 1. The van der Waals surface area contributed by atoms with Gasteiger partial charge in [0.2, 0.25) is 6.54 Å². The number of amides is 1. The van der Waals surface area contributed by atoms with Crippen LogP contribution in [0.2, 0.25) is 0 Å². The highest BCUT2D eigenvalue weighted by molar-refractivity contribution is 5.92. The zero-order chi connectivity index (χ0) is 30.1. The molecule has 12 heteroatoms. The van der Waals surface area contributed by atoms with Crippen molar-refractivity contribution in [3.8, 4) is 17.3 Å². The van der Waals surface area contributed by atoms with Crippen LogP contribution in [0.25, 0.3) is 27.1 Å². The Bertz CT molecular complexity index is 1590. The lowest BCUT2D eigenvalue weighted by molar-refractivity contribution is -0.131. The van der Waals surface area contributed by atoms with Gasteiger partial charge in [0, 0.05) is 50.2 Å². The molecule has 0 radical (unpaired) electrons. The number of likely N-dealkylation sites (tertiary alicyclic amines) is 1. The van der Waals surface area contributed by atoms with E-state index in [-0.39, 0.29) is 38.3 Å². The lowest BCUT2D eigenvalue weighted by atomic mass is 9.89. The van der Waals surface area contributed by atoms with Gasteiger partial charge in [0.15, 0.2) is 11.5 Å². The fraction of sp³-hybridized carbons (Fsp3) is 0.484. The molecule has 3 atom stereocenters. The van der Waals surface area contributed by atoms with Gasteiger partial charge in [-0.25, -0.2) is 20.3 Å². The number of nitrogens with zero attached hydrogens (tertiary/aromatic N) is 8. The summed E-state index contributed by atoms with van der Waals surface area (Å²) >= 11 is 0. The maximum atomic E-state index is 14.0. The van der Waals surface area contributed by atoms with Crippen LogP contribution in [-0.2, 0) is 17.6 Å². The standard InChI is InChI=1S/C31H34F2N8O2/c1-19(32)30(42)41-11-10-40(17-23(41)14-34-2)29-25-8-9-27(26-15-35-13-20-6-4-5-7-24(20)26)36-28(25)37-31(38-29)43-18-22-12-21(33)16-39(22)3/h8-9,13,15,21-23H,1,4-7,10-12,14,16-18H2,3H3/t21-,22+,23+/m1/s1. The number of hydrogen-bond acceptors (Lipinski definition) is 8. The largest absolute Gasteiger partial charge is 0.462 e. The fourth-order valence-electron chi connectivity index (χ4n) is 6.42. The first-order valence-electron chi connectivity index (χ1n) is 14.7. The molecule has 3 aromatic heterocycles. The summed E-state index contributed by atoms with van der Waals surface area (Å²) in [5.41, 5.74) is 4.69. The van der Waals surface area contributed by atoms with E-state index in [0.29, 0.717) is 36.4 Å². The third-order valence-electron chi connectivity index (χ3n) is 8.68. The molecule has 2 saturated heterocycles. The minimum atomic E-state index is -1.05. The van der Waals surface area contributed by atoms with Crippen LogP contribution in [-0.4, -0.2) is 100 Å². The monoisotopic (exact) mass is 588 g/mol. The summed E-state index contributed by atoms with van der Waals surface area (Å²) in [6.45, 7) is 12.0. The average Bonchev–Trinajstić information content (AvgIpc) is 3.34. The van der Waals surface area contributed by atoms with Crippen molar-refractivity contribution >= 4 is 22.8 Å². The van der Waals surface area contributed by atoms with Gasteiger partial charge in [0.25, 0.3) is 5.91 Å². The topological polar surface area (TPSA) is 91.9 Å². The number of anilines is 1. The second-order valence-electron chi connectivity index (χ2n) is 11.5. The molecule has 0 spiro atoms. The van der Waals surface area contributed by atoms with E-state index in [2.05, 4.69) is 21.4 Å². The third kappa shape index (κ3) is 5.86. The predicted octanol–water partition coefficient (Wildman–Crippen LogP) is 3.81. The summed E-state index contributed by atoms with van der Waals surface area (Å²) in [5.74, 6) is -1.30. The second kappa shape index (κ2) is 12.2. The van der Waals surface area contributed by atoms with E-state index in [1.807, 2.05) is 41.4 Å². The van der Waals surface area contributed by atoms with E-state index in [1.165, 1.54) is 16.0 Å². The fourth-order valence-corrected chi connectivity index (χ4v) is 6.42. The Balaban J connectivity index is 1.38. The number of hydrogen-bond donors (Lipinski definition) is 0. The van der Waals surface area contributed by atoms with Crippen molar-refractivity contribution in [1.82, 2.24) is 29.7 Å². The van der Waals surface area contributed by atoms with E-state index < -0.39 is 23.9 Å². The lowest BCUT2D eigenvalue weighted by Gasteiger charge is -2.39. The Morgan fingerprint density at radius 1 is 1.14 bits per heavy atom. The molecule has 1 aliphatic carbocycles. The molecule has 2 fully saturated rings. The van der Waals surface area contributed by atoms with Crippen molar-refractivity contribution in [3.05, 3.63) is 59.5 Å². The van der Waals surface area contributed by atoms with Gasteiger partial charge in [-0.2, -0.15) is 9.97 Å². The van der Waals surface area contributed by atoms with Crippen molar-refractivity contribution in [2.45, 2.75) is 50.4 Å². The normalized spacial score (nSPS) is 22.3. The third-order valence-corrected chi connectivity index (χ3v) is 8.68. The zero-order valence-corrected chi connectivity index (χ0v) is 24.2. The van der Waals surface area contributed by atoms with E-state index >= 15 is 0 Å². The lowest BCUT2D eigenvalue weighted by Crippen LogP contribution is -2.56. The summed E-state index contributed by atoms with van der Waals surface area (Å²) in [4.78, 5) is 40.1. The van der Waals surface area contributed by atoms with Gasteiger partial charge in [-0.15, -0.1) is 0 Å². The molecule has 10 nitrogen and oxygen atoms in total. The Kier molecular flexibility index (Phi) is 8.17. The van der Waals surface area contributed by atoms with Crippen molar-refractivity contribution in [2.75, 3.05) is 51.3 Å². The number of piperazine rings is 1. The molecule has 6 rings (SSSR count). The minimum absolute atomic E-state index is 0.00875. The van der Waals surface area contributed by atoms with Crippen LogP contribution in [0.5, 0.6) is 6.01 Å². The summed E-state index contributed by atoms with van der Waals surface area (Å²) in [6.07, 6.45) is 7.50. The number of carbonyl (C=O) groups excluding carboxylic acids is 1. The number of pyridine rings is 2. The van der Waals surface area contributed by atoms with Crippen LogP contribution in [0.15, 0.2) is 36.9 Å². The molecule has 43 heavy (non-hydrogen) atoms. The number of halogens is 2. The van der Waals surface area contributed by atoms with Crippen LogP contribution >= 0.6 is 0 Å². The van der Waals surface area contributed by atoms with Gasteiger partial charge in [-0.1, -0.05) is 6.58 Å². The number of rotatable bonds is 7. The highest BCUT2D eigenvalue weighted by atomic mass is 19.1. The van der Waals surface area contributed by atoms with Gasteiger partial charge in [-0.05, 0) is 62.4 Å². The van der Waals surface area contributed by atoms with Crippen molar-refractivity contribution < 1.29 is 18.3 Å². The molecule has 3 aromatic rings. The highest BCUT2D eigenvalue weighted by Crippen LogP contribution is 2.33. The molecule has 0 bridgehead atoms. The molecule has 224 valence electrons. The van der Waals surface area contributed by atoms with Gasteiger partial charge in [0.05, 0.1) is 11.1 Å². The van der Waals surface area contributed by atoms with Gasteiger partial charge in [-0.3, -0.25) is 14.7 Å². The van der Waals surface area contributed by atoms with Crippen molar-refractivity contribution in [3.63, 3.8) is 0 Å². The van der Waals surface area contributed by atoms with Gasteiger partial charge >= 0.3 is 6.01 Å². The molecule has 0 N–H and O–H groups in total. The number of aryl methyl sites for hydroxylation is 1. The summed E-state index contributed by atoms with van der Waals surface area (Å²) in [5, 5.41) is 0.687. The Morgan fingerprint density at radius 3 is 2.74 bits per heavy atom. The van der Waals surface area contributed by atoms with Crippen LogP contribution in [0.3, 0.4) is 0 Å². The van der Waals surface area contributed by atoms with Crippen LogP contribution < -0.4 is 9.64 Å². The van der Waals surface area contributed by atoms with E-state index in [0.717, 1.165) is 36.9 Å². The zero-order valence-electron chi connectivity index (χ0n) is 24.2. The maximum absolute atomic E-state index is 14.0. The Morgan fingerprint density at radius 2 is 1.98 bits per heavy atom. The first kappa shape index (κ1) is 28.9. The maximum Gasteiger partial charge on any atom is 0.320 e. The van der Waals surface area contributed by atoms with Gasteiger partial charge < -0.3 is 19.4 Å². The molecule has 0 saturated carbocycles. The molecule has 1 amide bonds. The second-order valence-corrected chi connectivity index (χ2v) is 11.5. The first-order chi connectivity index (χ1) is 20.8. The first-order valence-corrected chi connectivity index (χ1v) is 14.7. The van der Waals surface area contributed by atoms with Crippen molar-refractivity contribution in [2.24, 2.45) is 0 Å². The molecule has 2 aliphatic heterocycles. The average molecular weight is 589 g/mol. The number of fused-ring (bicyclic) bond motifs is 2. The quantitative estimate of drug-likeness (QED) is 0.304. The predicted molar refractivity (Wildman–Crippen MR) is 158 cm³/mol. The molecular weight excluding hydrogens is 554 g/mol. The number of likely N-dealkylation sites (N-methyl/N-ethyl adjacent to an activating group) is 1. The smallest absolute Gasteiger partial charge is 0.320 e. The molecule has 3 aliphatic rings. The van der Waals surface area contributed by atoms with Crippen LogP contribution in [0.1, 0.15) is 30.4 Å². The molecule has 5 heterocycles. The van der Waals surface area contributed by atoms with Gasteiger partial charge in [0.1, 0.15) is 24.6 Å². The molecule has 0 unspecified atom stereocenters. The highest BCUT2D eigenvalue weighted by Gasteiger charge is 2.35. The summed E-state index contributed by atoms with van der Waals surface area (Å²) in [6, 6.07) is 3.34. The van der Waals surface area contributed by atoms with Crippen LogP contribution in [0, 0.1) is 6.57 Å². The van der Waals surface area contributed by atoms with Crippen LogP contribution in [0.4, 0.5) is 14.6 Å². The number of carbonyl (C=O) groups is 1.